The Morgan fingerprint density at radius 1 is 1.29 bits per heavy atom. The minimum atomic E-state index is -4.07. The van der Waals surface area contributed by atoms with E-state index in [9.17, 15) is 13.2 Å². The smallest absolute Gasteiger partial charge is 0.360 e. The number of benzene rings is 1. The van der Waals surface area contributed by atoms with E-state index in [1.54, 1.807) is 12.1 Å². The van der Waals surface area contributed by atoms with E-state index >= 15 is 0 Å². The molecule has 0 aliphatic carbocycles. The van der Waals surface area contributed by atoms with Crippen LogP contribution in [0.15, 0.2) is 35.7 Å². The molecule has 0 radical (unpaired) electrons. The van der Waals surface area contributed by atoms with Crippen LogP contribution in [0.25, 0.3) is 0 Å². The molecule has 0 saturated heterocycles. The maximum Gasteiger partial charge on any atom is 0.380 e. The zero-order valence-corrected chi connectivity index (χ0v) is 12.8. The van der Waals surface area contributed by atoms with Gasteiger partial charge in [-0.1, -0.05) is 24.3 Å². The molecule has 21 heavy (non-hydrogen) atoms. The molecule has 112 valence electrons. The summed E-state index contributed by atoms with van der Waals surface area (Å²) in [5.41, 5.74) is 1.95. The molecule has 0 fully saturated rings. The zero-order chi connectivity index (χ0) is 15.5. The van der Waals surface area contributed by atoms with Crippen LogP contribution < -0.4 is 14.6 Å². The van der Waals surface area contributed by atoms with E-state index in [0.717, 1.165) is 23.4 Å². The highest BCUT2D eigenvalue weighted by atomic mass is 32.2. The summed E-state index contributed by atoms with van der Waals surface area (Å²) in [5.74, 6) is -0.202. The minimum absolute atomic E-state index is 0.0626. The van der Waals surface area contributed by atoms with Gasteiger partial charge < -0.3 is 9.50 Å². The number of nitrogens with two attached hydrogens (primary N) is 1. The number of hydrogen-bond acceptors (Lipinski definition) is 6. The lowest BCUT2D eigenvalue weighted by molar-refractivity contribution is 0.103. The highest BCUT2D eigenvalue weighted by Gasteiger charge is 2.14. The Hall–Kier alpha value is -1.74. The minimum Gasteiger partial charge on any atom is -0.360 e. The standard InChI is InChI=1S/C13H14N2O4S2/c1-15-7-9-2-4-10(5-3-9)13(16)11-6-12(20-8-11)19-21(14,17)18/h2-6,8,15H,7H2,1H3,(H2,14,17,18). The van der Waals surface area contributed by atoms with E-state index in [0.29, 0.717) is 11.1 Å². The van der Waals surface area contributed by atoms with Gasteiger partial charge in [-0.15, -0.1) is 11.3 Å². The largest absolute Gasteiger partial charge is 0.380 e. The molecule has 1 aromatic heterocycles. The first-order chi connectivity index (χ1) is 9.89. The van der Waals surface area contributed by atoms with Crippen LogP contribution in [0.5, 0.6) is 5.06 Å². The van der Waals surface area contributed by atoms with Crippen molar-refractivity contribution in [3.8, 4) is 5.06 Å². The molecule has 3 N–H and O–H groups in total. The Morgan fingerprint density at radius 2 is 1.95 bits per heavy atom. The Morgan fingerprint density at radius 3 is 2.52 bits per heavy atom. The van der Waals surface area contributed by atoms with Gasteiger partial charge in [-0.05, 0) is 12.6 Å². The molecule has 0 saturated carbocycles. The van der Waals surface area contributed by atoms with Gasteiger partial charge in [-0.25, -0.2) is 0 Å². The summed E-state index contributed by atoms with van der Waals surface area (Å²) in [4.78, 5) is 12.2. The number of ketones is 1. The number of carbonyl (C=O) groups is 1. The highest BCUT2D eigenvalue weighted by molar-refractivity contribution is 7.84. The Labute approximate surface area is 126 Å². The van der Waals surface area contributed by atoms with Crippen molar-refractivity contribution >= 4 is 27.4 Å². The molecule has 0 aliphatic rings. The quantitative estimate of drug-likeness (QED) is 0.779. The van der Waals surface area contributed by atoms with E-state index in [1.807, 2.05) is 19.2 Å². The third-order valence-corrected chi connectivity index (χ3v) is 3.96. The number of nitrogens with one attached hydrogen (secondary N) is 1. The average Bonchev–Trinajstić information content (AvgIpc) is 2.85. The predicted molar refractivity (Wildman–Crippen MR) is 80.7 cm³/mol. The molecule has 0 atom stereocenters. The van der Waals surface area contributed by atoms with Crippen molar-refractivity contribution in [3.63, 3.8) is 0 Å². The van der Waals surface area contributed by atoms with Crippen molar-refractivity contribution in [1.29, 1.82) is 0 Å². The lowest BCUT2D eigenvalue weighted by Crippen LogP contribution is -2.18. The van der Waals surface area contributed by atoms with Crippen molar-refractivity contribution in [1.82, 2.24) is 5.32 Å². The molecule has 0 amide bonds. The van der Waals surface area contributed by atoms with Gasteiger partial charge in [0, 0.05) is 29.1 Å². The van der Waals surface area contributed by atoms with Crippen molar-refractivity contribution in [2.45, 2.75) is 6.54 Å². The summed E-state index contributed by atoms with van der Waals surface area (Å²) < 4.78 is 26.2. The summed E-state index contributed by atoms with van der Waals surface area (Å²) >= 11 is 0.998. The van der Waals surface area contributed by atoms with Crippen LogP contribution in [0.4, 0.5) is 0 Å². The van der Waals surface area contributed by atoms with Crippen LogP contribution in [0, 0.1) is 0 Å². The zero-order valence-electron chi connectivity index (χ0n) is 11.2. The maximum atomic E-state index is 12.2. The molecule has 0 spiro atoms. The number of thiophene rings is 1. The molecule has 2 rings (SSSR count). The molecule has 0 bridgehead atoms. The van der Waals surface area contributed by atoms with Crippen LogP contribution in [0.3, 0.4) is 0 Å². The normalized spacial score (nSPS) is 11.3. The first-order valence-electron chi connectivity index (χ1n) is 5.98. The van der Waals surface area contributed by atoms with Crippen molar-refractivity contribution < 1.29 is 17.4 Å². The van der Waals surface area contributed by atoms with Gasteiger partial charge in [-0.2, -0.15) is 13.6 Å². The summed E-state index contributed by atoms with van der Waals surface area (Å²) in [6, 6.07) is 8.54. The molecule has 1 heterocycles. The predicted octanol–water partition coefficient (Wildman–Crippen LogP) is 1.28. The fourth-order valence-electron chi connectivity index (χ4n) is 1.74. The van der Waals surface area contributed by atoms with E-state index in [-0.39, 0.29) is 10.8 Å². The topological polar surface area (TPSA) is 98.5 Å². The van der Waals surface area contributed by atoms with Gasteiger partial charge in [0.1, 0.15) is 0 Å². The SMILES string of the molecule is CNCc1ccc(C(=O)c2csc(OS(N)(=O)=O)c2)cc1. The lowest BCUT2D eigenvalue weighted by atomic mass is 10.0. The van der Waals surface area contributed by atoms with Crippen LogP contribution in [-0.2, 0) is 16.8 Å². The van der Waals surface area contributed by atoms with Gasteiger partial charge in [0.05, 0.1) is 0 Å². The van der Waals surface area contributed by atoms with Gasteiger partial charge >= 0.3 is 10.3 Å². The van der Waals surface area contributed by atoms with Crippen molar-refractivity contribution in [2.75, 3.05) is 7.05 Å². The average molecular weight is 326 g/mol. The van der Waals surface area contributed by atoms with Crippen LogP contribution in [0.1, 0.15) is 21.5 Å². The summed E-state index contributed by atoms with van der Waals surface area (Å²) in [5, 5.41) is 9.39. The molecule has 2 aromatic rings. The molecule has 8 heteroatoms. The number of hydrogen-bond donors (Lipinski definition) is 2. The Kier molecular flexibility index (Phi) is 4.73. The number of rotatable bonds is 6. The van der Waals surface area contributed by atoms with E-state index in [4.69, 9.17) is 5.14 Å². The van der Waals surface area contributed by atoms with Gasteiger partial charge in [0.2, 0.25) is 0 Å². The van der Waals surface area contributed by atoms with E-state index in [1.165, 1.54) is 11.4 Å². The molecule has 0 aliphatic heterocycles. The summed E-state index contributed by atoms with van der Waals surface area (Å²) in [6.45, 7) is 0.721. The van der Waals surface area contributed by atoms with Crippen LogP contribution in [0.2, 0.25) is 0 Å². The van der Waals surface area contributed by atoms with Gasteiger partial charge in [0.25, 0.3) is 0 Å². The fourth-order valence-corrected chi connectivity index (χ4v) is 3.07. The number of carbonyl (C=O) groups excluding carboxylic acids is 1. The first-order valence-corrected chi connectivity index (χ1v) is 8.33. The second kappa shape index (κ2) is 6.35. The van der Waals surface area contributed by atoms with Gasteiger partial charge in [-0.3, -0.25) is 4.79 Å². The molecular formula is C13H14N2O4S2. The van der Waals surface area contributed by atoms with Crippen LogP contribution in [-0.4, -0.2) is 21.2 Å². The molecule has 1 aromatic carbocycles. The lowest BCUT2D eigenvalue weighted by Gasteiger charge is -2.02. The third kappa shape index (κ3) is 4.36. The molecule has 6 nitrogen and oxygen atoms in total. The Bertz CT molecular complexity index is 736. The van der Waals surface area contributed by atoms with E-state index in [2.05, 4.69) is 9.50 Å². The second-order valence-corrected chi connectivity index (χ2v) is 6.31. The van der Waals surface area contributed by atoms with Crippen molar-refractivity contribution in [2.24, 2.45) is 5.14 Å². The first kappa shape index (κ1) is 15.6. The van der Waals surface area contributed by atoms with Crippen LogP contribution >= 0.6 is 11.3 Å². The monoisotopic (exact) mass is 326 g/mol. The second-order valence-electron chi connectivity index (χ2n) is 4.29. The summed E-state index contributed by atoms with van der Waals surface area (Å²) in [7, 11) is -2.23. The summed E-state index contributed by atoms with van der Waals surface area (Å²) in [6.07, 6.45) is 0. The third-order valence-electron chi connectivity index (χ3n) is 2.63. The van der Waals surface area contributed by atoms with E-state index < -0.39 is 10.3 Å². The highest BCUT2D eigenvalue weighted by Crippen LogP contribution is 2.25. The fraction of sp³-hybridized carbons (Fsp3) is 0.154. The molecule has 0 unspecified atom stereocenters. The van der Waals surface area contributed by atoms with Gasteiger partial charge in [0.15, 0.2) is 10.8 Å². The maximum absolute atomic E-state index is 12.2. The Balaban J connectivity index is 2.16. The van der Waals surface area contributed by atoms with Crippen molar-refractivity contribution in [3.05, 3.63) is 52.4 Å². The molecular weight excluding hydrogens is 312 g/mol.